The van der Waals surface area contributed by atoms with Crippen molar-refractivity contribution in [3.63, 3.8) is 0 Å². The molecule has 0 aromatic carbocycles. The normalized spacial score (nSPS) is 11.6. The molecule has 0 spiro atoms. The molecular weight excluding hydrogens is 274 g/mol. The van der Waals surface area contributed by atoms with Crippen molar-refractivity contribution in [3.05, 3.63) is 16.1 Å². The minimum atomic E-state index is 0.0179. The van der Waals surface area contributed by atoms with Gasteiger partial charge in [0.1, 0.15) is 0 Å². The lowest BCUT2D eigenvalue weighted by Crippen LogP contribution is -2.33. The number of nitrogens with one attached hydrogen (secondary N) is 2. The molecule has 0 fully saturated rings. The van der Waals surface area contributed by atoms with Crippen LogP contribution in [0.25, 0.3) is 0 Å². The first-order chi connectivity index (χ1) is 9.43. The highest BCUT2D eigenvalue weighted by atomic mass is 32.1. The Hall–Kier alpha value is -0.980. The molecule has 114 valence electrons. The second-order valence-electron chi connectivity index (χ2n) is 5.66. The predicted molar refractivity (Wildman–Crippen MR) is 82.3 cm³/mol. The summed E-state index contributed by atoms with van der Waals surface area (Å²) in [5, 5.41) is 9.09. The van der Waals surface area contributed by atoms with Crippen molar-refractivity contribution in [3.8, 4) is 0 Å². The van der Waals surface area contributed by atoms with Crippen molar-refractivity contribution in [2.75, 3.05) is 33.4 Å². The number of carbonyl (C=O) groups excluding carboxylic acids is 1. The molecular formula is C14H25N3O2S. The molecule has 20 heavy (non-hydrogen) atoms. The zero-order valence-electron chi connectivity index (χ0n) is 12.8. The predicted octanol–water partition coefficient (Wildman–Crippen LogP) is 1.34. The molecule has 0 saturated heterocycles. The lowest BCUT2D eigenvalue weighted by Gasteiger charge is -2.13. The van der Waals surface area contributed by atoms with Crippen molar-refractivity contribution < 1.29 is 9.53 Å². The maximum Gasteiger partial charge on any atom is 0.226 e. The average Bonchev–Trinajstić information content (AvgIpc) is 2.82. The first-order valence-electron chi connectivity index (χ1n) is 6.84. The number of amides is 1. The molecule has 0 radical (unpaired) electrons. The fraction of sp³-hybridized carbons (Fsp3) is 0.714. The summed E-state index contributed by atoms with van der Waals surface area (Å²) in [6, 6.07) is 0. The first kappa shape index (κ1) is 17.1. The minimum Gasteiger partial charge on any atom is -0.383 e. The maximum absolute atomic E-state index is 11.8. The SMILES string of the molecule is COCCNCCNC(=O)Cc1csc(C(C)(C)C)n1. The fourth-order valence-electron chi connectivity index (χ4n) is 1.55. The third kappa shape index (κ3) is 6.45. The Bertz CT molecular complexity index is 413. The van der Waals surface area contributed by atoms with Gasteiger partial charge in [0.15, 0.2) is 0 Å². The van der Waals surface area contributed by atoms with Gasteiger partial charge < -0.3 is 15.4 Å². The van der Waals surface area contributed by atoms with Crippen LogP contribution in [0.15, 0.2) is 5.38 Å². The van der Waals surface area contributed by atoms with E-state index in [4.69, 9.17) is 4.74 Å². The molecule has 0 aliphatic carbocycles. The molecule has 2 N–H and O–H groups in total. The van der Waals surface area contributed by atoms with Gasteiger partial charge in [-0.25, -0.2) is 4.98 Å². The number of nitrogens with zero attached hydrogens (tertiary/aromatic N) is 1. The van der Waals surface area contributed by atoms with Crippen LogP contribution in [0, 0.1) is 0 Å². The molecule has 1 heterocycles. The standard InChI is InChI=1S/C14H25N3O2S/c1-14(2,3)13-17-11(10-20-13)9-12(18)16-6-5-15-7-8-19-4/h10,15H,5-9H2,1-4H3,(H,16,18). The molecule has 0 atom stereocenters. The number of rotatable bonds is 8. The summed E-state index contributed by atoms with van der Waals surface area (Å²) < 4.78 is 4.92. The van der Waals surface area contributed by atoms with Gasteiger partial charge in [-0.05, 0) is 0 Å². The molecule has 5 nitrogen and oxygen atoms in total. The highest BCUT2D eigenvalue weighted by Crippen LogP contribution is 2.25. The van der Waals surface area contributed by atoms with Crippen LogP contribution >= 0.6 is 11.3 Å². The number of carbonyl (C=O) groups is 1. The highest BCUT2D eigenvalue weighted by Gasteiger charge is 2.18. The lowest BCUT2D eigenvalue weighted by atomic mass is 9.98. The number of hydrogen-bond donors (Lipinski definition) is 2. The molecule has 1 aromatic heterocycles. The summed E-state index contributed by atoms with van der Waals surface area (Å²) in [4.78, 5) is 16.3. The number of ether oxygens (including phenoxy) is 1. The van der Waals surface area contributed by atoms with Gasteiger partial charge in [-0.15, -0.1) is 11.3 Å². The molecule has 1 aromatic rings. The topological polar surface area (TPSA) is 63.2 Å². The van der Waals surface area contributed by atoms with E-state index >= 15 is 0 Å². The molecule has 0 aliphatic heterocycles. The van der Waals surface area contributed by atoms with E-state index in [0.717, 1.165) is 23.8 Å². The molecule has 6 heteroatoms. The van der Waals surface area contributed by atoms with Crippen LogP contribution in [0.5, 0.6) is 0 Å². The number of hydrogen-bond acceptors (Lipinski definition) is 5. The minimum absolute atomic E-state index is 0.0179. The van der Waals surface area contributed by atoms with Crippen LogP contribution in [0.1, 0.15) is 31.5 Å². The monoisotopic (exact) mass is 299 g/mol. The summed E-state index contributed by atoms with van der Waals surface area (Å²) in [5.41, 5.74) is 0.898. The molecule has 0 bridgehead atoms. The Morgan fingerprint density at radius 2 is 2.10 bits per heavy atom. The Labute approximate surface area is 125 Å². The molecule has 0 saturated carbocycles. The summed E-state index contributed by atoms with van der Waals surface area (Å²) >= 11 is 1.62. The quantitative estimate of drug-likeness (QED) is 0.711. The van der Waals surface area contributed by atoms with E-state index in [2.05, 4.69) is 36.4 Å². The summed E-state index contributed by atoms with van der Waals surface area (Å²) in [6.45, 7) is 9.23. The van der Waals surface area contributed by atoms with Gasteiger partial charge in [0, 0.05) is 37.5 Å². The number of methoxy groups -OCH3 is 1. The Balaban J connectivity index is 2.24. The van der Waals surface area contributed by atoms with Gasteiger partial charge in [-0.1, -0.05) is 20.8 Å². The van der Waals surface area contributed by atoms with Gasteiger partial charge in [-0.3, -0.25) is 4.79 Å². The Morgan fingerprint density at radius 1 is 1.35 bits per heavy atom. The summed E-state index contributed by atoms with van der Waals surface area (Å²) in [5.74, 6) is 0.0179. The average molecular weight is 299 g/mol. The van der Waals surface area contributed by atoms with Crippen LogP contribution in [-0.2, 0) is 21.4 Å². The first-order valence-corrected chi connectivity index (χ1v) is 7.72. The molecule has 0 aliphatic rings. The van der Waals surface area contributed by atoms with Crippen LogP contribution in [0.3, 0.4) is 0 Å². The van der Waals surface area contributed by atoms with Gasteiger partial charge in [0.25, 0.3) is 0 Å². The number of aromatic nitrogens is 1. The third-order valence-corrected chi connectivity index (χ3v) is 3.96. The highest BCUT2D eigenvalue weighted by molar-refractivity contribution is 7.09. The second kappa shape index (κ2) is 8.34. The zero-order valence-corrected chi connectivity index (χ0v) is 13.6. The van der Waals surface area contributed by atoms with Crippen LogP contribution < -0.4 is 10.6 Å². The molecule has 1 amide bonds. The summed E-state index contributed by atoms with van der Waals surface area (Å²) in [6.07, 6.45) is 0.352. The largest absolute Gasteiger partial charge is 0.383 e. The van der Waals surface area contributed by atoms with E-state index in [1.165, 1.54) is 0 Å². The molecule has 0 unspecified atom stereocenters. The van der Waals surface area contributed by atoms with Crippen molar-refractivity contribution >= 4 is 17.2 Å². The van der Waals surface area contributed by atoms with Crippen LogP contribution in [-0.4, -0.2) is 44.2 Å². The summed E-state index contributed by atoms with van der Waals surface area (Å²) in [7, 11) is 1.67. The van der Waals surface area contributed by atoms with Crippen LogP contribution in [0.4, 0.5) is 0 Å². The van der Waals surface area contributed by atoms with Crippen molar-refractivity contribution in [1.29, 1.82) is 0 Å². The zero-order chi connectivity index (χ0) is 15.0. The lowest BCUT2D eigenvalue weighted by molar-refractivity contribution is -0.120. The maximum atomic E-state index is 11.8. The van der Waals surface area contributed by atoms with Crippen molar-refractivity contribution in [2.24, 2.45) is 0 Å². The van der Waals surface area contributed by atoms with E-state index in [1.807, 2.05) is 5.38 Å². The van der Waals surface area contributed by atoms with E-state index < -0.39 is 0 Å². The van der Waals surface area contributed by atoms with Crippen molar-refractivity contribution in [1.82, 2.24) is 15.6 Å². The van der Waals surface area contributed by atoms with Crippen molar-refractivity contribution in [2.45, 2.75) is 32.6 Å². The van der Waals surface area contributed by atoms with E-state index in [9.17, 15) is 4.79 Å². The van der Waals surface area contributed by atoms with Gasteiger partial charge in [0.05, 0.1) is 23.7 Å². The van der Waals surface area contributed by atoms with Gasteiger partial charge in [-0.2, -0.15) is 0 Å². The van der Waals surface area contributed by atoms with E-state index in [-0.39, 0.29) is 11.3 Å². The van der Waals surface area contributed by atoms with E-state index in [0.29, 0.717) is 19.6 Å². The van der Waals surface area contributed by atoms with Crippen LogP contribution in [0.2, 0.25) is 0 Å². The Morgan fingerprint density at radius 3 is 2.70 bits per heavy atom. The van der Waals surface area contributed by atoms with Gasteiger partial charge >= 0.3 is 0 Å². The Kier molecular flexibility index (Phi) is 7.12. The number of thiazole rings is 1. The van der Waals surface area contributed by atoms with E-state index in [1.54, 1.807) is 18.4 Å². The third-order valence-electron chi connectivity index (χ3n) is 2.64. The smallest absolute Gasteiger partial charge is 0.226 e. The second-order valence-corrected chi connectivity index (χ2v) is 6.52. The van der Waals surface area contributed by atoms with Gasteiger partial charge in [0.2, 0.25) is 5.91 Å². The molecule has 1 rings (SSSR count). The fourth-order valence-corrected chi connectivity index (χ4v) is 2.46.